The van der Waals surface area contributed by atoms with Gasteiger partial charge >= 0.3 is 0 Å². The fraction of sp³-hybridized carbons (Fsp3) is 0.214. The van der Waals surface area contributed by atoms with Gasteiger partial charge in [-0.15, -0.1) is 0 Å². The van der Waals surface area contributed by atoms with E-state index in [-0.39, 0.29) is 5.69 Å². The fourth-order valence-electron chi connectivity index (χ4n) is 1.82. The molecule has 5 heteroatoms. The molecule has 0 N–H and O–H groups in total. The van der Waals surface area contributed by atoms with E-state index < -0.39 is 4.92 Å². The van der Waals surface area contributed by atoms with Crippen molar-refractivity contribution < 1.29 is 14.2 Å². The van der Waals surface area contributed by atoms with E-state index in [0.717, 1.165) is 11.1 Å². The Morgan fingerprint density at radius 2 is 1.95 bits per heavy atom. The van der Waals surface area contributed by atoms with Gasteiger partial charge in [0.15, 0.2) is 12.4 Å². The second-order valence-electron chi connectivity index (χ2n) is 4.12. The van der Waals surface area contributed by atoms with Gasteiger partial charge in [-0.2, -0.15) is 0 Å². The summed E-state index contributed by atoms with van der Waals surface area (Å²) >= 11 is 0. The first-order chi connectivity index (χ1) is 9.11. The van der Waals surface area contributed by atoms with Crippen LogP contribution in [-0.2, 0) is 7.05 Å². The van der Waals surface area contributed by atoms with E-state index in [0.29, 0.717) is 12.4 Å². The molecule has 0 saturated heterocycles. The van der Waals surface area contributed by atoms with E-state index in [9.17, 15) is 10.1 Å². The second kappa shape index (κ2) is 5.48. The zero-order valence-electron chi connectivity index (χ0n) is 10.9. The molecule has 0 fully saturated rings. The average Bonchev–Trinajstić information content (AvgIpc) is 2.40. The first-order valence-electron chi connectivity index (χ1n) is 5.98. The van der Waals surface area contributed by atoms with E-state index in [4.69, 9.17) is 4.74 Å². The Hall–Kier alpha value is -2.43. The number of aryl methyl sites for hydroxylation is 1. The molecule has 0 aliphatic heterocycles. The highest BCUT2D eigenvalue weighted by atomic mass is 16.6. The zero-order chi connectivity index (χ0) is 13.8. The molecule has 1 aromatic heterocycles. The first kappa shape index (κ1) is 13.0. The van der Waals surface area contributed by atoms with Gasteiger partial charge in [-0.1, -0.05) is 0 Å². The highest BCUT2D eigenvalue weighted by Crippen LogP contribution is 2.32. The molecule has 5 nitrogen and oxygen atoms in total. The number of hydrogen-bond acceptors (Lipinski definition) is 3. The molecule has 0 atom stereocenters. The van der Waals surface area contributed by atoms with Gasteiger partial charge in [0.25, 0.3) is 5.69 Å². The maximum Gasteiger partial charge on any atom is 0.273 e. The summed E-state index contributed by atoms with van der Waals surface area (Å²) in [6, 6.07) is 8.57. The lowest BCUT2D eigenvalue weighted by Crippen LogP contribution is -2.25. The van der Waals surface area contributed by atoms with Crippen LogP contribution in [0.4, 0.5) is 5.69 Å². The Kier molecular flexibility index (Phi) is 3.75. The van der Waals surface area contributed by atoms with E-state index in [1.54, 1.807) is 6.07 Å². The van der Waals surface area contributed by atoms with Crippen LogP contribution in [0, 0.1) is 10.1 Å². The minimum atomic E-state index is -0.419. The lowest BCUT2D eigenvalue weighted by Gasteiger charge is -2.09. The lowest BCUT2D eigenvalue weighted by molar-refractivity contribution is -0.671. The van der Waals surface area contributed by atoms with E-state index in [1.807, 2.05) is 43.1 Å². The smallest absolute Gasteiger partial charge is 0.273 e. The van der Waals surface area contributed by atoms with Crippen LogP contribution in [0.1, 0.15) is 6.92 Å². The molecule has 1 aromatic carbocycles. The SMILES string of the molecule is CCOc1cc([N+](=O)[O-])ccc1-c1cc[n+](C)cc1. The van der Waals surface area contributed by atoms with Crippen LogP contribution < -0.4 is 9.30 Å². The summed E-state index contributed by atoms with van der Waals surface area (Å²) in [7, 11) is 1.93. The number of ether oxygens (including phenoxy) is 1. The third-order valence-corrected chi connectivity index (χ3v) is 2.77. The first-order valence-corrected chi connectivity index (χ1v) is 5.98. The molecule has 2 aromatic rings. The minimum absolute atomic E-state index is 0.0358. The predicted octanol–water partition coefficient (Wildman–Crippen LogP) is 2.49. The van der Waals surface area contributed by atoms with Gasteiger partial charge in [-0.3, -0.25) is 10.1 Å². The quantitative estimate of drug-likeness (QED) is 0.481. The number of rotatable bonds is 4. The van der Waals surface area contributed by atoms with E-state index in [2.05, 4.69) is 0 Å². The number of aromatic nitrogens is 1. The number of hydrogen-bond donors (Lipinski definition) is 0. The van der Waals surface area contributed by atoms with Crippen LogP contribution >= 0.6 is 0 Å². The van der Waals surface area contributed by atoms with Gasteiger partial charge in [0.1, 0.15) is 12.8 Å². The summed E-state index contributed by atoms with van der Waals surface area (Å²) < 4.78 is 7.43. The van der Waals surface area contributed by atoms with Gasteiger partial charge in [0.05, 0.1) is 17.6 Å². The summed E-state index contributed by atoms with van der Waals surface area (Å²) in [5, 5.41) is 10.8. The van der Waals surface area contributed by atoms with Crippen LogP contribution in [0.15, 0.2) is 42.7 Å². The molecule has 0 radical (unpaired) electrons. The molecular formula is C14H15N2O3+. The van der Waals surface area contributed by atoms with E-state index in [1.165, 1.54) is 12.1 Å². The molecule has 0 aliphatic carbocycles. The Bertz CT molecular complexity index is 594. The maximum absolute atomic E-state index is 10.8. The predicted molar refractivity (Wildman–Crippen MR) is 70.9 cm³/mol. The molecule has 0 bridgehead atoms. The standard InChI is InChI=1S/C14H15N2O3/c1-3-19-14-10-12(16(17)18)4-5-13(14)11-6-8-15(2)9-7-11/h4-10H,3H2,1-2H3/q+1. The molecule has 0 aliphatic rings. The second-order valence-corrected chi connectivity index (χ2v) is 4.12. The summed E-state index contributed by atoms with van der Waals surface area (Å²) in [6.45, 7) is 2.32. The molecule has 0 saturated carbocycles. The molecule has 98 valence electrons. The monoisotopic (exact) mass is 259 g/mol. The number of nitro benzene ring substituents is 1. The third-order valence-electron chi connectivity index (χ3n) is 2.77. The lowest BCUT2D eigenvalue weighted by atomic mass is 10.1. The third kappa shape index (κ3) is 2.88. The summed E-state index contributed by atoms with van der Waals surface area (Å²) in [5.74, 6) is 0.533. The van der Waals surface area contributed by atoms with Crippen LogP contribution in [-0.4, -0.2) is 11.5 Å². The highest BCUT2D eigenvalue weighted by molar-refractivity contribution is 5.71. The van der Waals surface area contributed by atoms with Crippen LogP contribution in [0.25, 0.3) is 11.1 Å². The number of pyridine rings is 1. The van der Waals surface area contributed by atoms with Gasteiger partial charge in [0, 0.05) is 23.8 Å². The Morgan fingerprint density at radius 3 is 2.53 bits per heavy atom. The van der Waals surface area contributed by atoms with Crippen molar-refractivity contribution in [1.29, 1.82) is 0 Å². The Morgan fingerprint density at radius 1 is 1.26 bits per heavy atom. The normalized spacial score (nSPS) is 10.2. The van der Waals surface area contributed by atoms with Gasteiger partial charge < -0.3 is 4.74 Å². The van der Waals surface area contributed by atoms with Crippen molar-refractivity contribution in [3.63, 3.8) is 0 Å². The van der Waals surface area contributed by atoms with Crippen molar-refractivity contribution in [2.75, 3.05) is 6.61 Å². The topological polar surface area (TPSA) is 56.3 Å². The van der Waals surface area contributed by atoms with Crippen LogP contribution in [0.5, 0.6) is 5.75 Å². The molecule has 2 rings (SSSR count). The molecule has 0 unspecified atom stereocenters. The molecule has 0 spiro atoms. The number of nitrogens with zero attached hydrogens (tertiary/aromatic N) is 2. The fourth-order valence-corrected chi connectivity index (χ4v) is 1.82. The summed E-state index contributed by atoms with van der Waals surface area (Å²) in [5.41, 5.74) is 1.86. The van der Waals surface area contributed by atoms with Crippen molar-refractivity contribution in [2.45, 2.75) is 6.92 Å². The number of non-ortho nitro benzene ring substituents is 1. The Balaban J connectivity index is 2.49. The van der Waals surface area contributed by atoms with Crippen molar-refractivity contribution >= 4 is 5.69 Å². The maximum atomic E-state index is 10.8. The highest BCUT2D eigenvalue weighted by Gasteiger charge is 2.13. The largest absolute Gasteiger partial charge is 0.493 e. The van der Waals surface area contributed by atoms with Crippen LogP contribution in [0.3, 0.4) is 0 Å². The summed E-state index contributed by atoms with van der Waals surface area (Å²) in [6.07, 6.45) is 3.85. The van der Waals surface area contributed by atoms with Gasteiger partial charge in [-0.25, -0.2) is 4.57 Å². The van der Waals surface area contributed by atoms with Crippen molar-refractivity contribution in [1.82, 2.24) is 0 Å². The minimum Gasteiger partial charge on any atom is -0.493 e. The number of nitro groups is 1. The van der Waals surface area contributed by atoms with Gasteiger partial charge in [0.2, 0.25) is 0 Å². The van der Waals surface area contributed by atoms with Crippen molar-refractivity contribution in [2.24, 2.45) is 7.05 Å². The summed E-state index contributed by atoms with van der Waals surface area (Å²) in [4.78, 5) is 10.4. The van der Waals surface area contributed by atoms with Crippen molar-refractivity contribution in [3.05, 3.63) is 52.8 Å². The average molecular weight is 259 g/mol. The van der Waals surface area contributed by atoms with Gasteiger partial charge in [-0.05, 0) is 18.6 Å². The van der Waals surface area contributed by atoms with Crippen molar-refractivity contribution in [3.8, 4) is 16.9 Å². The number of benzene rings is 1. The molecule has 1 heterocycles. The van der Waals surface area contributed by atoms with Crippen LogP contribution in [0.2, 0.25) is 0 Å². The Labute approximate surface area is 111 Å². The zero-order valence-corrected chi connectivity index (χ0v) is 10.9. The van der Waals surface area contributed by atoms with E-state index >= 15 is 0 Å². The molecular weight excluding hydrogens is 244 g/mol. The molecule has 19 heavy (non-hydrogen) atoms. The molecule has 0 amide bonds.